The molecule has 0 spiro atoms. The smallest absolute Gasteiger partial charge is 0.337 e. The van der Waals surface area contributed by atoms with Crippen molar-refractivity contribution in [1.82, 2.24) is 0 Å². The quantitative estimate of drug-likeness (QED) is 0.423. The van der Waals surface area contributed by atoms with Gasteiger partial charge in [-0.3, -0.25) is 5.43 Å². The first kappa shape index (κ1) is 16.5. The molecule has 0 radical (unpaired) electrons. The molecule has 4 heteroatoms. The monoisotopic (exact) mass is 330 g/mol. The molecule has 0 saturated heterocycles. The van der Waals surface area contributed by atoms with Crippen LogP contribution in [-0.2, 0) is 4.74 Å². The van der Waals surface area contributed by atoms with Crippen molar-refractivity contribution in [2.75, 3.05) is 12.5 Å². The van der Waals surface area contributed by atoms with Gasteiger partial charge in [-0.2, -0.15) is 5.10 Å². The highest BCUT2D eigenvalue weighted by molar-refractivity contribution is 5.90. The first-order chi connectivity index (χ1) is 12.3. The van der Waals surface area contributed by atoms with Crippen LogP contribution in [0.5, 0.6) is 0 Å². The van der Waals surface area contributed by atoms with Gasteiger partial charge in [-0.15, -0.1) is 0 Å². The SMILES string of the molecule is COC(=O)c1ccc(-c2cccc(C=NNc3ccccc3)c2)cc1. The van der Waals surface area contributed by atoms with Gasteiger partial charge in [-0.05, 0) is 47.0 Å². The minimum Gasteiger partial charge on any atom is -0.465 e. The number of hydrazone groups is 1. The molecule has 0 aliphatic rings. The number of nitrogens with zero attached hydrogens (tertiary/aromatic N) is 1. The van der Waals surface area contributed by atoms with Crippen molar-refractivity contribution in [3.05, 3.63) is 90.0 Å². The van der Waals surface area contributed by atoms with Gasteiger partial charge in [-0.25, -0.2) is 4.79 Å². The first-order valence-corrected chi connectivity index (χ1v) is 7.89. The Labute approximate surface area is 146 Å². The lowest BCUT2D eigenvalue weighted by Crippen LogP contribution is -2.00. The molecular weight excluding hydrogens is 312 g/mol. The molecule has 25 heavy (non-hydrogen) atoms. The molecule has 0 aliphatic heterocycles. The number of para-hydroxylation sites is 1. The molecule has 0 bridgehead atoms. The van der Waals surface area contributed by atoms with Gasteiger partial charge in [0.1, 0.15) is 0 Å². The van der Waals surface area contributed by atoms with Crippen LogP contribution in [0.25, 0.3) is 11.1 Å². The Balaban J connectivity index is 1.74. The van der Waals surface area contributed by atoms with E-state index in [2.05, 4.69) is 10.5 Å². The number of carbonyl (C=O) groups is 1. The van der Waals surface area contributed by atoms with Crippen LogP contribution >= 0.6 is 0 Å². The van der Waals surface area contributed by atoms with Crippen LogP contribution in [0.15, 0.2) is 84.0 Å². The van der Waals surface area contributed by atoms with E-state index in [0.29, 0.717) is 5.56 Å². The van der Waals surface area contributed by atoms with E-state index in [1.54, 1.807) is 18.3 Å². The van der Waals surface area contributed by atoms with Crippen LogP contribution in [0.3, 0.4) is 0 Å². The van der Waals surface area contributed by atoms with Crippen molar-refractivity contribution in [3.63, 3.8) is 0 Å². The van der Waals surface area contributed by atoms with Crippen LogP contribution < -0.4 is 5.43 Å². The number of hydrogen-bond donors (Lipinski definition) is 1. The molecule has 1 N–H and O–H groups in total. The molecule has 124 valence electrons. The Morgan fingerprint density at radius 1 is 0.920 bits per heavy atom. The highest BCUT2D eigenvalue weighted by Crippen LogP contribution is 2.21. The molecule has 4 nitrogen and oxygen atoms in total. The molecule has 0 amide bonds. The summed E-state index contributed by atoms with van der Waals surface area (Å²) >= 11 is 0. The van der Waals surface area contributed by atoms with E-state index in [4.69, 9.17) is 4.74 Å². The maximum Gasteiger partial charge on any atom is 0.337 e. The largest absolute Gasteiger partial charge is 0.465 e. The van der Waals surface area contributed by atoms with Gasteiger partial charge in [-0.1, -0.05) is 48.5 Å². The summed E-state index contributed by atoms with van der Waals surface area (Å²) in [5.41, 5.74) is 7.54. The minimum absolute atomic E-state index is 0.334. The van der Waals surface area contributed by atoms with E-state index in [9.17, 15) is 4.79 Å². The van der Waals surface area contributed by atoms with Gasteiger partial charge in [0.15, 0.2) is 0 Å². The van der Waals surface area contributed by atoms with E-state index in [-0.39, 0.29) is 5.97 Å². The zero-order valence-electron chi connectivity index (χ0n) is 13.8. The lowest BCUT2D eigenvalue weighted by Gasteiger charge is -2.05. The summed E-state index contributed by atoms with van der Waals surface area (Å²) in [5.74, 6) is -0.334. The fraction of sp³-hybridized carbons (Fsp3) is 0.0476. The molecule has 0 aromatic heterocycles. The van der Waals surface area contributed by atoms with E-state index in [0.717, 1.165) is 22.4 Å². The number of rotatable bonds is 5. The standard InChI is InChI=1S/C21H18N2O2/c1-25-21(24)18-12-10-17(11-13-18)19-7-5-6-16(14-19)15-22-23-20-8-3-2-4-9-20/h2-15,23H,1H3. The number of methoxy groups -OCH3 is 1. The zero-order valence-corrected chi connectivity index (χ0v) is 13.8. The van der Waals surface area contributed by atoms with Crippen molar-refractivity contribution in [1.29, 1.82) is 0 Å². The Hall–Kier alpha value is -3.40. The number of nitrogens with one attached hydrogen (secondary N) is 1. The number of anilines is 1. The molecule has 0 atom stereocenters. The molecule has 0 unspecified atom stereocenters. The van der Waals surface area contributed by atoms with Crippen LogP contribution in [-0.4, -0.2) is 19.3 Å². The Kier molecular flexibility index (Phi) is 5.22. The van der Waals surface area contributed by atoms with Crippen LogP contribution in [0.4, 0.5) is 5.69 Å². The van der Waals surface area contributed by atoms with Crippen molar-refractivity contribution in [3.8, 4) is 11.1 Å². The molecule has 3 aromatic rings. The number of benzene rings is 3. The van der Waals surface area contributed by atoms with Crippen molar-refractivity contribution >= 4 is 17.9 Å². The lowest BCUT2D eigenvalue weighted by atomic mass is 10.0. The highest BCUT2D eigenvalue weighted by atomic mass is 16.5. The number of hydrogen-bond acceptors (Lipinski definition) is 4. The van der Waals surface area contributed by atoms with Gasteiger partial charge < -0.3 is 4.74 Å². The second-order valence-corrected chi connectivity index (χ2v) is 5.43. The van der Waals surface area contributed by atoms with Crippen LogP contribution in [0, 0.1) is 0 Å². The third kappa shape index (κ3) is 4.32. The number of ether oxygens (including phenoxy) is 1. The van der Waals surface area contributed by atoms with Crippen molar-refractivity contribution in [2.24, 2.45) is 5.10 Å². The Bertz CT molecular complexity index is 872. The van der Waals surface area contributed by atoms with E-state index in [1.807, 2.05) is 66.7 Å². The van der Waals surface area contributed by atoms with Crippen molar-refractivity contribution in [2.45, 2.75) is 0 Å². The third-order valence-electron chi connectivity index (χ3n) is 3.71. The second kappa shape index (κ2) is 7.93. The first-order valence-electron chi connectivity index (χ1n) is 7.89. The third-order valence-corrected chi connectivity index (χ3v) is 3.71. The average molecular weight is 330 g/mol. The summed E-state index contributed by atoms with van der Waals surface area (Å²) in [6.07, 6.45) is 1.78. The van der Waals surface area contributed by atoms with E-state index < -0.39 is 0 Å². The Morgan fingerprint density at radius 2 is 1.68 bits per heavy atom. The van der Waals surface area contributed by atoms with Crippen LogP contribution in [0.2, 0.25) is 0 Å². The zero-order chi connectivity index (χ0) is 17.5. The predicted octanol–water partition coefficient (Wildman–Crippen LogP) is 4.59. The summed E-state index contributed by atoms with van der Waals surface area (Å²) < 4.78 is 4.72. The predicted molar refractivity (Wildman–Crippen MR) is 101 cm³/mol. The molecule has 0 saturated carbocycles. The summed E-state index contributed by atoms with van der Waals surface area (Å²) in [6.45, 7) is 0. The lowest BCUT2D eigenvalue weighted by molar-refractivity contribution is 0.0601. The molecule has 3 aromatic carbocycles. The summed E-state index contributed by atoms with van der Waals surface area (Å²) in [5, 5.41) is 4.26. The molecule has 3 rings (SSSR count). The topological polar surface area (TPSA) is 50.7 Å². The summed E-state index contributed by atoms with van der Waals surface area (Å²) in [4.78, 5) is 11.5. The summed E-state index contributed by atoms with van der Waals surface area (Å²) in [7, 11) is 1.38. The number of esters is 1. The minimum atomic E-state index is -0.334. The van der Waals surface area contributed by atoms with Gasteiger partial charge in [0.05, 0.1) is 24.6 Å². The maximum atomic E-state index is 11.5. The molecule has 0 fully saturated rings. The van der Waals surface area contributed by atoms with Gasteiger partial charge in [0.2, 0.25) is 0 Å². The fourth-order valence-corrected chi connectivity index (χ4v) is 2.41. The molecule has 0 heterocycles. The maximum absolute atomic E-state index is 11.5. The normalized spacial score (nSPS) is 10.6. The van der Waals surface area contributed by atoms with Crippen LogP contribution in [0.1, 0.15) is 15.9 Å². The molecular formula is C21H18N2O2. The summed E-state index contributed by atoms with van der Waals surface area (Å²) in [6, 6.07) is 25.2. The second-order valence-electron chi connectivity index (χ2n) is 5.43. The highest BCUT2D eigenvalue weighted by Gasteiger charge is 2.05. The van der Waals surface area contributed by atoms with E-state index in [1.165, 1.54) is 7.11 Å². The molecule has 0 aliphatic carbocycles. The number of carbonyl (C=O) groups excluding carboxylic acids is 1. The fourth-order valence-electron chi connectivity index (χ4n) is 2.41. The van der Waals surface area contributed by atoms with E-state index >= 15 is 0 Å². The van der Waals surface area contributed by atoms with Gasteiger partial charge in [0, 0.05) is 0 Å². The average Bonchev–Trinajstić information content (AvgIpc) is 2.68. The van der Waals surface area contributed by atoms with Gasteiger partial charge >= 0.3 is 5.97 Å². The van der Waals surface area contributed by atoms with Crippen molar-refractivity contribution < 1.29 is 9.53 Å². The van der Waals surface area contributed by atoms with Gasteiger partial charge in [0.25, 0.3) is 0 Å². The Morgan fingerprint density at radius 3 is 2.40 bits per heavy atom.